The number of allylic oxidation sites excluding steroid dienone is 4. The first kappa shape index (κ1) is 10.1. The predicted octanol–water partition coefficient (Wildman–Crippen LogP) is 1.25. The van der Waals surface area contributed by atoms with Crippen LogP contribution in [0.1, 0.15) is 0 Å². The summed E-state index contributed by atoms with van der Waals surface area (Å²) < 4.78 is 4.81. The predicted molar refractivity (Wildman–Crippen MR) is 42.1 cm³/mol. The molecule has 0 aromatic rings. The Morgan fingerprint density at radius 3 is 2.60 bits per heavy atom. The summed E-state index contributed by atoms with van der Waals surface area (Å²) in [6.45, 7) is 0. The van der Waals surface area contributed by atoms with Crippen molar-refractivity contribution in [1.82, 2.24) is 0 Å². The summed E-state index contributed by atoms with van der Waals surface area (Å²) in [4.78, 5) is 0. The van der Waals surface area contributed by atoms with Crippen molar-refractivity contribution < 1.29 is 23.9 Å². The molecule has 0 saturated carbocycles. The van der Waals surface area contributed by atoms with Crippen molar-refractivity contribution in [2.24, 2.45) is 0 Å². The Morgan fingerprint density at radius 2 is 2.20 bits per heavy atom. The molecule has 57 valence electrons. The quantitative estimate of drug-likeness (QED) is 0.262. The van der Waals surface area contributed by atoms with Crippen LogP contribution in [0, 0.1) is 7.11 Å². The maximum atomic E-state index is 4.81. The van der Waals surface area contributed by atoms with E-state index in [1.54, 1.807) is 0 Å². The third-order valence-electron chi connectivity index (χ3n) is 1.19. The average Bonchev–Trinajstić information content (AvgIpc) is 1.89. The van der Waals surface area contributed by atoms with Gasteiger partial charge in [0.15, 0.2) is 5.78 Å². The average molecular weight is 243 g/mol. The zero-order valence-corrected chi connectivity index (χ0v) is 8.21. The molecule has 1 rings (SSSR count). The standard InChI is InChI=1S/C7H9OP.Rh/c1-8-6-4-2-3-5-7(6)9;/h2-5,7H,1,9H2;. The smallest absolute Gasteiger partial charge is 0.187 e. The molecule has 0 aromatic heterocycles. The summed E-state index contributed by atoms with van der Waals surface area (Å²) in [5.41, 5.74) is 0.299. The van der Waals surface area contributed by atoms with E-state index in [1.807, 2.05) is 24.3 Å². The molecule has 0 saturated heterocycles. The second-order valence-electron chi connectivity index (χ2n) is 1.82. The first-order valence-electron chi connectivity index (χ1n) is 2.74. The van der Waals surface area contributed by atoms with Crippen LogP contribution in [0.25, 0.3) is 0 Å². The van der Waals surface area contributed by atoms with E-state index in [4.69, 9.17) is 4.42 Å². The molecule has 1 radical (unpaired) electrons. The van der Waals surface area contributed by atoms with E-state index in [0.29, 0.717) is 5.66 Å². The zero-order chi connectivity index (χ0) is 6.69. The maximum Gasteiger partial charge on any atom is 0.187 e. The second kappa shape index (κ2) is 4.82. The zero-order valence-electron chi connectivity index (χ0n) is 5.41. The van der Waals surface area contributed by atoms with E-state index in [0.717, 1.165) is 5.78 Å². The van der Waals surface area contributed by atoms with E-state index in [9.17, 15) is 0 Å². The van der Waals surface area contributed by atoms with Gasteiger partial charge < -0.3 is 4.42 Å². The topological polar surface area (TPSA) is 11.3 Å². The van der Waals surface area contributed by atoms with E-state index in [2.05, 4.69) is 16.3 Å². The van der Waals surface area contributed by atoms with E-state index >= 15 is 0 Å². The Balaban J connectivity index is 0.000000810. The van der Waals surface area contributed by atoms with Crippen LogP contribution in [0.2, 0.25) is 0 Å². The fourth-order valence-corrected chi connectivity index (χ4v) is 1.02. The summed E-state index contributed by atoms with van der Waals surface area (Å²) in [6, 6.07) is 0. The van der Waals surface area contributed by atoms with Crippen LogP contribution < -0.4 is 0 Å². The van der Waals surface area contributed by atoms with Crippen molar-refractivity contribution in [3.63, 3.8) is 0 Å². The molecule has 1 aliphatic rings. The fourth-order valence-electron chi connectivity index (χ4n) is 0.685. The van der Waals surface area contributed by atoms with Gasteiger partial charge >= 0.3 is 0 Å². The Hall–Kier alpha value is 0.0734. The SMILES string of the molecule is [CH2-][O+]=C1C=CC=CC1P.[Rh]. The Bertz CT molecular complexity index is 184. The number of hydrogen-bond donors (Lipinski definition) is 0. The monoisotopic (exact) mass is 243 g/mol. The Morgan fingerprint density at radius 1 is 1.50 bits per heavy atom. The van der Waals surface area contributed by atoms with Gasteiger partial charge in [-0.15, -0.1) is 9.24 Å². The molecule has 3 heteroatoms. The second-order valence-corrected chi connectivity index (χ2v) is 2.53. The van der Waals surface area contributed by atoms with Gasteiger partial charge in [-0.2, -0.15) is 0 Å². The van der Waals surface area contributed by atoms with Crippen molar-refractivity contribution >= 4 is 15.0 Å². The fraction of sp³-hybridized carbons (Fsp3) is 0.143. The normalized spacial score (nSPS) is 26.5. The molecule has 0 amide bonds. The molecule has 2 atom stereocenters. The Labute approximate surface area is 76.2 Å². The van der Waals surface area contributed by atoms with Crippen molar-refractivity contribution in [2.75, 3.05) is 0 Å². The maximum absolute atomic E-state index is 4.81. The summed E-state index contributed by atoms with van der Waals surface area (Å²) in [6.07, 6.45) is 7.86. The van der Waals surface area contributed by atoms with Crippen LogP contribution >= 0.6 is 9.24 Å². The van der Waals surface area contributed by atoms with Crippen LogP contribution in [0.15, 0.2) is 24.3 Å². The molecule has 0 heterocycles. The van der Waals surface area contributed by atoms with E-state index in [-0.39, 0.29) is 19.5 Å². The molecule has 0 spiro atoms. The van der Waals surface area contributed by atoms with Crippen LogP contribution in [0.3, 0.4) is 0 Å². The minimum absolute atomic E-state index is 0. The van der Waals surface area contributed by atoms with Crippen molar-refractivity contribution in [2.45, 2.75) is 5.66 Å². The van der Waals surface area contributed by atoms with Crippen LogP contribution in [0.5, 0.6) is 0 Å². The summed E-state index contributed by atoms with van der Waals surface area (Å²) in [5, 5.41) is 0. The number of ketones is 1. The van der Waals surface area contributed by atoms with E-state index in [1.165, 1.54) is 0 Å². The summed E-state index contributed by atoms with van der Waals surface area (Å²) in [5.74, 6) is 0.891. The molecule has 1 nitrogen and oxygen atoms in total. The molecule has 0 aromatic carbocycles. The van der Waals surface area contributed by atoms with Gasteiger partial charge in [-0.25, -0.2) is 0 Å². The molecule has 0 N–H and O–H groups in total. The molecule has 0 aliphatic heterocycles. The van der Waals surface area contributed by atoms with Crippen LogP contribution in [-0.4, -0.2) is 11.4 Å². The molecule has 1 aliphatic carbocycles. The van der Waals surface area contributed by atoms with Crippen LogP contribution in [0.4, 0.5) is 0 Å². The third-order valence-corrected chi connectivity index (χ3v) is 1.74. The first-order valence-corrected chi connectivity index (χ1v) is 3.40. The van der Waals surface area contributed by atoms with Gasteiger partial charge in [0.1, 0.15) is 7.11 Å². The minimum Gasteiger partial charge on any atom is -0.397 e. The summed E-state index contributed by atoms with van der Waals surface area (Å²) in [7, 11) is 5.97. The van der Waals surface area contributed by atoms with Crippen molar-refractivity contribution in [1.29, 1.82) is 0 Å². The molecular weight excluding hydrogens is 234 g/mol. The van der Waals surface area contributed by atoms with Crippen molar-refractivity contribution in [3.8, 4) is 0 Å². The number of carbonyl (C=O) groups excluding carboxylic acids is 1. The van der Waals surface area contributed by atoms with Crippen molar-refractivity contribution in [3.05, 3.63) is 31.4 Å². The first-order chi connectivity index (χ1) is 4.34. The van der Waals surface area contributed by atoms with Gasteiger partial charge in [-0.3, -0.25) is 0 Å². The van der Waals surface area contributed by atoms with E-state index < -0.39 is 0 Å². The van der Waals surface area contributed by atoms with Gasteiger partial charge in [0.25, 0.3) is 0 Å². The number of rotatable bonds is 0. The molecule has 0 bridgehead atoms. The largest absolute Gasteiger partial charge is 0.397 e. The molecule has 10 heavy (non-hydrogen) atoms. The van der Waals surface area contributed by atoms with Gasteiger partial charge in [-0.05, 0) is 6.08 Å². The van der Waals surface area contributed by atoms with Gasteiger partial charge in [0, 0.05) is 25.1 Å². The van der Waals surface area contributed by atoms with Gasteiger partial charge in [0.05, 0.1) is 0 Å². The number of hydrogen-bond acceptors (Lipinski definition) is 0. The van der Waals surface area contributed by atoms with Gasteiger partial charge in [-0.1, -0.05) is 18.2 Å². The minimum atomic E-state index is 0. The molecule has 2 unspecified atom stereocenters. The van der Waals surface area contributed by atoms with Gasteiger partial charge in [0.2, 0.25) is 0 Å². The molecular formula is C7H9OPRh. The third kappa shape index (κ3) is 2.36. The summed E-state index contributed by atoms with van der Waals surface area (Å²) >= 11 is 0. The molecule has 0 fully saturated rings. The Kier molecular flexibility index (Phi) is 4.86. The van der Waals surface area contributed by atoms with Crippen LogP contribution in [-0.2, 0) is 23.9 Å².